The van der Waals surface area contributed by atoms with Crippen molar-refractivity contribution in [3.63, 3.8) is 0 Å². The first-order valence-corrected chi connectivity index (χ1v) is 5.38. The highest BCUT2D eigenvalue weighted by Gasteiger charge is 2.21. The number of aliphatic hydroxyl groups is 1. The lowest BCUT2D eigenvalue weighted by Crippen LogP contribution is -3.00. The number of carbonyl (C=O) groups is 1. The zero-order valence-corrected chi connectivity index (χ0v) is 12.3. The highest BCUT2D eigenvalue weighted by Crippen LogP contribution is 2.04. The minimum absolute atomic E-state index is 0. The molecule has 0 rings (SSSR count). The molecule has 0 aliphatic carbocycles. The van der Waals surface area contributed by atoms with Gasteiger partial charge in [0.1, 0.15) is 6.54 Å². The predicted molar refractivity (Wildman–Crippen MR) is 65.3 cm³/mol. The molecule has 0 aromatic heterocycles. The van der Waals surface area contributed by atoms with Crippen LogP contribution in [0.4, 0.5) is 0 Å². The molecule has 0 radical (unpaired) electrons. The van der Waals surface area contributed by atoms with E-state index in [-0.39, 0.29) is 30.6 Å². The van der Waals surface area contributed by atoms with E-state index >= 15 is 0 Å². The van der Waals surface area contributed by atoms with Crippen LogP contribution in [0.5, 0.6) is 0 Å². The second-order valence-electron chi connectivity index (χ2n) is 4.91. The number of carbonyl (C=O) groups excluding carboxylic acids is 1. The average molecular weight is 274 g/mol. The molecule has 0 saturated heterocycles. The Bertz CT molecular complexity index is 181. The molecule has 0 aliphatic rings. The lowest BCUT2D eigenvalue weighted by Gasteiger charge is -2.26. The van der Waals surface area contributed by atoms with E-state index in [0.29, 0.717) is 17.4 Å². The number of nitrogens with zero attached hydrogens (tertiary/aromatic N) is 1. The van der Waals surface area contributed by atoms with Crippen LogP contribution in [-0.4, -0.2) is 49.2 Å². The average Bonchev–Trinajstić information content (AvgIpc) is 2.01. The monoisotopic (exact) mass is 273 g/mol. The SMILES string of the molecule is CCCCCC(=O)C(O)C[N+](C)(C)C.Cl.[Cl-]. The quantitative estimate of drug-likeness (QED) is 0.459. The normalized spacial score (nSPS) is 12.3. The maximum absolute atomic E-state index is 11.4. The lowest BCUT2D eigenvalue weighted by molar-refractivity contribution is -0.872. The summed E-state index contributed by atoms with van der Waals surface area (Å²) < 4.78 is 0.626. The number of Topliss-reactive ketones (excluding diaryl/α,β-unsaturated/α-hetero) is 1. The zero-order valence-electron chi connectivity index (χ0n) is 10.7. The van der Waals surface area contributed by atoms with E-state index in [2.05, 4.69) is 6.92 Å². The third-order valence-corrected chi connectivity index (χ3v) is 2.12. The highest BCUT2D eigenvalue weighted by atomic mass is 35.5. The molecule has 16 heavy (non-hydrogen) atoms. The maximum Gasteiger partial charge on any atom is 0.167 e. The summed E-state index contributed by atoms with van der Waals surface area (Å²) in [5, 5.41) is 9.59. The fourth-order valence-corrected chi connectivity index (χ4v) is 1.34. The molecule has 0 bridgehead atoms. The molecule has 0 spiro atoms. The molecular weight excluding hydrogens is 249 g/mol. The highest BCUT2D eigenvalue weighted by molar-refractivity contribution is 5.85. The van der Waals surface area contributed by atoms with Gasteiger partial charge in [-0.15, -0.1) is 12.4 Å². The van der Waals surface area contributed by atoms with E-state index in [9.17, 15) is 9.90 Å². The van der Waals surface area contributed by atoms with Crippen LogP contribution in [0.1, 0.15) is 32.6 Å². The van der Waals surface area contributed by atoms with Gasteiger partial charge in [0.2, 0.25) is 0 Å². The van der Waals surface area contributed by atoms with Crippen molar-refractivity contribution in [2.75, 3.05) is 27.7 Å². The summed E-state index contributed by atoms with van der Waals surface area (Å²) in [7, 11) is 5.92. The fourth-order valence-electron chi connectivity index (χ4n) is 1.34. The van der Waals surface area contributed by atoms with E-state index in [4.69, 9.17) is 0 Å². The largest absolute Gasteiger partial charge is 1.00 e. The van der Waals surface area contributed by atoms with Gasteiger partial charge in [0.25, 0.3) is 0 Å². The van der Waals surface area contributed by atoms with Crippen molar-refractivity contribution in [3.8, 4) is 0 Å². The molecule has 1 N–H and O–H groups in total. The Balaban J connectivity index is -0.000000845. The first-order valence-electron chi connectivity index (χ1n) is 5.38. The molecule has 100 valence electrons. The first-order chi connectivity index (χ1) is 6.37. The topological polar surface area (TPSA) is 37.3 Å². The van der Waals surface area contributed by atoms with Crippen molar-refractivity contribution in [1.29, 1.82) is 0 Å². The molecule has 0 aromatic rings. The van der Waals surface area contributed by atoms with Crippen molar-refractivity contribution >= 4 is 18.2 Å². The van der Waals surface area contributed by atoms with Gasteiger partial charge >= 0.3 is 0 Å². The molecule has 0 saturated carbocycles. The summed E-state index contributed by atoms with van der Waals surface area (Å²) in [5.41, 5.74) is 0. The second-order valence-corrected chi connectivity index (χ2v) is 4.91. The Hall–Kier alpha value is 0.170. The molecule has 0 aromatic carbocycles. The van der Waals surface area contributed by atoms with Gasteiger partial charge < -0.3 is 22.0 Å². The summed E-state index contributed by atoms with van der Waals surface area (Å²) in [6.07, 6.45) is 2.83. The number of hydrogen-bond acceptors (Lipinski definition) is 2. The zero-order chi connectivity index (χ0) is 11.2. The number of rotatable bonds is 7. The van der Waals surface area contributed by atoms with E-state index in [1.165, 1.54) is 0 Å². The van der Waals surface area contributed by atoms with Crippen LogP contribution in [0.3, 0.4) is 0 Å². The first kappa shape index (κ1) is 21.5. The van der Waals surface area contributed by atoms with Gasteiger partial charge in [-0.25, -0.2) is 0 Å². The molecular formula is C11H25Cl2NO2. The third kappa shape index (κ3) is 12.2. The Morgan fingerprint density at radius 3 is 2.12 bits per heavy atom. The summed E-state index contributed by atoms with van der Waals surface area (Å²) in [6, 6.07) is 0. The fraction of sp³-hybridized carbons (Fsp3) is 0.909. The summed E-state index contributed by atoms with van der Waals surface area (Å²) in [5.74, 6) is -0.00787. The standard InChI is InChI=1S/C11H24NO2.2ClH/c1-5-6-7-8-10(13)11(14)9-12(2,3)4;;/h11,14H,5-9H2,1-4H3;2*1H/q+1;;/p-1. The van der Waals surface area contributed by atoms with Crippen LogP contribution in [0.25, 0.3) is 0 Å². The van der Waals surface area contributed by atoms with Gasteiger partial charge in [-0.05, 0) is 6.42 Å². The van der Waals surface area contributed by atoms with Gasteiger partial charge in [-0.3, -0.25) is 4.79 Å². The Morgan fingerprint density at radius 1 is 1.25 bits per heavy atom. The Labute approximate surface area is 112 Å². The second kappa shape index (κ2) is 10.3. The summed E-state index contributed by atoms with van der Waals surface area (Å²) in [4.78, 5) is 11.4. The molecule has 3 nitrogen and oxygen atoms in total. The van der Waals surface area contributed by atoms with E-state index in [1.54, 1.807) is 0 Å². The van der Waals surface area contributed by atoms with Crippen molar-refractivity contribution in [3.05, 3.63) is 0 Å². The Kier molecular flexibility index (Phi) is 13.9. The minimum Gasteiger partial charge on any atom is -1.00 e. The van der Waals surface area contributed by atoms with Crippen molar-refractivity contribution in [1.82, 2.24) is 0 Å². The van der Waals surface area contributed by atoms with Crippen molar-refractivity contribution in [2.45, 2.75) is 38.7 Å². The van der Waals surface area contributed by atoms with Crippen LogP contribution in [0, 0.1) is 0 Å². The number of likely N-dealkylation sites (N-methyl/N-ethyl adjacent to an activating group) is 1. The molecule has 0 heterocycles. The molecule has 5 heteroatoms. The van der Waals surface area contributed by atoms with Gasteiger partial charge in [0.15, 0.2) is 11.9 Å². The van der Waals surface area contributed by atoms with E-state index in [1.807, 2.05) is 21.1 Å². The molecule has 0 fully saturated rings. The Morgan fingerprint density at radius 2 is 1.75 bits per heavy atom. The van der Waals surface area contributed by atoms with Crippen LogP contribution in [-0.2, 0) is 4.79 Å². The molecule has 0 aliphatic heterocycles. The minimum atomic E-state index is -0.785. The molecule has 0 amide bonds. The summed E-state index contributed by atoms with van der Waals surface area (Å²) >= 11 is 0. The molecule has 1 unspecified atom stereocenters. The smallest absolute Gasteiger partial charge is 0.167 e. The van der Waals surface area contributed by atoms with E-state index < -0.39 is 6.10 Å². The van der Waals surface area contributed by atoms with Crippen LogP contribution >= 0.6 is 12.4 Å². The van der Waals surface area contributed by atoms with Gasteiger partial charge in [-0.1, -0.05) is 19.8 Å². The van der Waals surface area contributed by atoms with Crippen molar-refractivity contribution in [2.24, 2.45) is 0 Å². The summed E-state index contributed by atoms with van der Waals surface area (Å²) in [6.45, 7) is 2.61. The third-order valence-electron chi connectivity index (χ3n) is 2.12. The number of hydrogen-bond donors (Lipinski definition) is 1. The number of halogens is 2. The lowest BCUT2D eigenvalue weighted by atomic mass is 10.1. The number of ketones is 1. The van der Waals surface area contributed by atoms with E-state index in [0.717, 1.165) is 19.3 Å². The van der Waals surface area contributed by atoms with Crippen LogP contribution in [0.2, 0.25) is 0 Å². The maximum atomic E-state index is 11.4. The predicted octanol–water partition coefficient (Wildman–Crippen LogP) is -1.37. The van der Waals surface area contributed by atoms with Crippen LogP contribution < -0.4 is 12.4 Å². The number of quaternary nitrogens is 1. The van der Waals surface area contributed by atoms with Crippen LogP contribution in [0.15, 0.2) is 0 Å². The number of aliphatic hydroxyl groups excluding tert-OH is 1. The van der Waals surface area contributed by atoms with Crippen molar-refractivity contribution < 1.29 is 26.8 Å². The van der Waals surface area contributed by atoms with Gasteiger partial charge in [-0.2, -0.15) is 0 Å². The molecule has 1 atom stereocenters. The number of unbranched alkanes of at least 4 members (excludes halogenated alkanes) is 2. The van der Waals surface area contributed by atoms with Gasteiger partial charge in [0, 0.05) is 6.42 Å². The van der Waals surface area contributed by atoms with Gasteiger partial charge in [0.05, 0.1) is 21.1 Å².